The molecule has 0 amide bonds. The Hall–Kier alpha value is -0.430. The molecule has 0 N–H and O–H groups in total. The van der Waals surface area contributed by atoms with Crippen molar-refractivity contribution in [1.82, 2.24) is 0 Å². The molecular formula is C12H18S. The van der Waals surface area contributed by atoms with Crippen LogP contribution >= 0.6 is 11.8 Å². The molecule has 2 atom stereocenters. The Morgan fingerprint density at radius 3 is 2.31 bits per heavy atom. The largest absolute Gasteiger partial charge is 0.122 e. The molecule has 1 aromatic rings. The van der Waals surface area contributed by atoms with Gasteiger partial charge in [0.2, 0.25) is 0 Å². The molecule has 0 bridgehead atoms. The molecule has 1 aromatic carbocycles. The minimum atomic E-state index is 0.733. The molecule has 1 aliphatic heterocycles. The summed E-state index contributed by atoms with van der Waals surface area (Å²) >= 11 is 2.00. The van der Waals surface area contributed by atoms with Crippen molar-refractivity contribution in [2.45, 2.75) is 43.8 Å². The third-order valence-corrected chi connectivity index (χ3v) is 3.83. The molecule has 1 heterocycles. The van der Waals surface area contributed by atoms with E-state index in [9.17, 15) is 0 Å². The lowest BCUT2D eigenvalue weighted by molar-refractivity contribution is 0.762. The predicted octanol–water partition coefficient (Wildman–Crippen LogP) is 4.31. The fourth-order valence-corrected chi connectivity index (χ4v) is 2.82. The summed E-state index contributed by atoms with van der Waals surface area (Å²) in [5.41, 5.74) is 1.53. The monoisotopic (exact) mass is 194 g/mol. The van der Waals surface area contributed by atoms with Crippen molar-refractivity contribution in [3.05, 3.63) is 29.8 Å². The maximum absolute atomic E-state index is 2.31. The first-order chi connectivity index (χ1) is 6.29. The second-order valence-corrected chi connectivity index (χ2v) is 4.57. The number of benzene rings is 1. The van der Waals surface area contributed by atoms with E-state index in [1.807, 2.05) is 25.6 Å². The van der Waals surface area contributed by atoms with Crippen molar-refractivity contribution in [2.75, 3.05) is 0 Å². The van der Waals surface area contributed by atoms with Gasteiger partial charge in [-0.3, -0.25) is 0 Å². The van der Waals surface area contributed by atoms with E-state index in [2.05, 4.69) is 38.1 Å². The van der Waals surface area contributed by atoms with Gasteiger partial charge in [-0.15, -0.1) is 11.8 Å². The van der Waals surface area contributed by atoms with Crippen molar-refractivity contribution in [2.24, 2.45) is 0 Å². The summed E-state index contributed by atoms with van der Waals surface area (Å²) in [6, 6.07) is 8.72. The molecule has 2 unspecified atom stereocenters. The van der Waals surface area contributed by atoms with Crippen LogP contribution in [0.3, 0.4) is 0 Å². The van der Waals surface area contributed by atoms with Crippen LogP contribution in [0, 0.1) is 0 Å². The minimum absolute atomic E-state index is 0.733. The summed E-state index contributed by atoms with van der Waals surface area (Å²) in [6.45, 7) is 8.61. The van der Waals surface area contributed by atoms with Crippen molar-refractivity contribution in [3.63, 3.8) is 0 Å². The summed E-state index contributed by atoms with van der Waals surface area (Å²) in [4.78, 5) is 1.48. The second kappa shape index (κ2) is 4.71. The van der Waals surface area contributed by atoms with E-state index in [4.69, 9.17) is 0 Å². The van der Waals surface area contributed by atoms with E-state index >= 15 is 0 Å². The normalized spacial score (nSPS) is 24.6. The summed E-state index contributed by atoms with van der Waals surface area (Å²) in [5, 5.41) is 0.757. The number of rotatable bonds is 0. The molecule has 72 valence electrons. The molecule has 0 nitrogen and oxygen atoms in total. The molecule has 1 aliphatic rings. The lowest BCUT2D eigenvalue weighted by Crippen LogP contribution is -1.99. The first-order valence-electron chi connectivity index (χ1n) is 5.04. The highest BCUT2D eigenvalue weighted by molar-refractivity contribution is 8.00. The van der Waals surface area contributed by atoms with E-state index in [1.54, 1.807) is 0 Å². The Balaban J connectivity index is 0.000000396. The molecule has 0 radical (unpaired) electrons. The molecule has 0 aliphatic carbocycles. The molecule has 0 saturated carbocycles. The van der Waals surface area contributed by atoms with Gasteiger partial charge >= 0.3 is 0 Å². The average molecular weight is 194 g/mol. The van der Waals surface area contributed by atoms with E-state index < -0.39 is 0 Å². The predicted molar refractivity (Wildman–Crippen MR) is 61.5 cm³/mol. The first kappa shape index (κ1) is 10.6. The molecule has 1 heteroatoms. The van der Waals surface area contributed by atoms with Gasteiger partial charge in [-0.1, -0.05) is 45.9 Å². The van der Waals surface area contributed by atoms with Crippen molar-refractivity contribution in [3.8, 4) is 0 Å². The van der Waals surface area contributed by atoms with Gasteiger partial charge in [-0.05, 0) is 17.5 Å². The highest BCUT2D eigenvalue weighted by Crippen LogP contribution is 2.44. The topological polar surface area (TPSA) is 0 Å². The Bertz CT molecular complexity index is 268. The van der Waals surface area contributed by atoms with Gasteiger partial charge in [-0.2, -0.15) is 0 Å². The maximum Gasteiger partial charge on any atom is 0.0133 e. The molecule has 0 saturated heterocycles. The van der Waals surface area contributed by atoms with Gasteiger partial charge in [0.15, 0.2) is 0 Å². The third kappa shape index (κ3) is 2.08. The van der Waals surface area contributed by atoms with Crippen molar-refractivity contribution < 1.29 is 0 Å². The summed E-state index contributed by atoms with van der Waals surface area (Å²) in [6.07, 6.45) is 0. The summed E-state index contributed by atoms with van der Waals surface area (Å²) < 4.78 is 0. The Labute approximate surface area is 85.7 Å². The Kier molecular flexibility index (Phi) is 3.86. The van der Waals surface area contributed by atoms with Crippen LogP contribution in [0.5, 0.6) is 0 Å². The second-order valence-electron chi connectivity index (χ2n) is 3.15. The van der Waals surface area contributed by atoms with Crippen LogP contribution < -0.4 is 0 Å². The highest BCUT2D eigenvalue weighted by atomic mass is 32.2. The molecule has 0 aromatic heterocycles. The van der Waals surface area contributed by atoms with Crippen LogP contribution in [0.15, 0.2) is 29.2 Å². The SMILES string of the molecule is CC.CC1Sc2ccccc2C1C. The van der Waals surface area contributed by atoms with Gasteiger partial charge < -0.3 is 0 Å². The fourth-order valence-electron chi connectivity index (χ4n) is 1.52. The van der Waals surface area contributed by atoms with E-state index in [0.717, 1.165) is 11.2 Å². The quantitative estimate of drug-likeness (QED) is 0.593. The van der Waals surface area contributed by atoms with E-state index in [1.165, 1.54) is 10.5 Å². The van der Waals surface area contributed by atoms with Gasteiger partial charge in [0.1, 0.15) is 0 Å². The zero-order valence-corrected chi connectivity index (χ0v) is 9.69. The van der Waals surface area contributed by atoms with Gasteiger partial charge in [0, 0.05) is 10.1 Å². The van der Waals surface area contributed by atoms with Crippen LogP contribution in [0.1, 0.15) is 39.2 Å². The van der Waals surface area contributed by atoms with E-state index in [0.29, 0.717) is 0 Å². The number of thioether (sulfide) groups is 1. The molecule has 0 spiro atoms. The number of fused-ring (bicyclic) bond motifs is 1. The number of hydrogen-bond donors (Lipinski definition) is 0. The number of hydrogen-bond acceptors (Lipinski definition) is 1. The summed E-state index contributed by atoms with van der Waals surface area (Å²) in [5.74, 6) is 0.733. The molecule has 13 heavy (non-hydrogen) atoms. The molecular weight excluding hydrogens is 176 g/mol. The van der Waals surface area contributed by atoms with E-state index in [-0.39, 0.29) is 0 Å². The van der Waals surface area contributed by atoms with Crippen LogP contribution in [-0.4, -0.2) is 5.25 Å². The Morgan fingerprint density at radius 1 is 1.08 bits per heavy atom. The van der Waals surface area contributed by atoms with Gasteiger partial charge in [0.25, 0.3) is 0 Å². The van der Waals surface area contributed by atoms with Crippen LogP contribution in [0.25, 0.3) is 0 Å². The summed E-state index contributed by atoms with van der Waals surface area (Å²) in [7, 11) is 0. The van der Waals surface area contributed by atoms with Crippen LogP contribution in [-0.2, 0) is 0 Å². The zero-order valence-electron chi connectivity index (χ0n) is 8.87. The fraction of sp³-hybridized carbons (Fsp3) is 0.500. The molecule has 2 rings (SSSR count). The minimum Gasteiger partial charge on any atom is -0.122 e. The lowest BCUT2D eigenvalue weighted by Gasteiger charge is -2.06. The zero-order chi connectivity index (χ0) is 9.84. The van der Waals surface area contributed by atoms with Crippen LogP contribution in [0.2, 0.25) is 0 Å². The third-order valence-electron chi connectivity index (χ3n) is 2.43. The van der Waals surface area contributed by atoms with Crippen molar-refractivity contribution >= 4 is 11.8 Å². The van der Waals surface area contributed by atoms with Crippen molar-refractivity contribution in [1.29, 1.82) is 0 Å². The highest BCUT2D eigenvalue weighted by Gasteiger charge is 2.25. The molecule has 0 fully saturated rings. The van der Waals surface area contributed by atoms with Crippen LogP contribution in [0.4, 0.5) is 0 Å². The van der Waals surface area contributed by atoms with Gasteiger partial charge in [-0.25, -0.2) is 0 Å². The smallest absolute Gasteiger partial charge is 0.0133 e. The van der Waals surface area contributed by atoms with Gasteiger partial charge in [0.05, 0.1) is 0 Å². The maximum atomic E-state index is 2.31. The lowest BCUT2D eigenvalue weighted by atomic mass is 9.99. The first-order valence-corrected chi connectivity index (χ1v) is 5.92. The average Bonchev–Trinajstić information content (AvgIpc) is 2.47. The Morgan fingerprint density at radius 2 is 1.69 bits per heavy atom. The standard InChI is InChI=1S/C10H12S.C2H6/c1-7-8(2)11-10-6-4-3-5-9(7)10;1-2/h3-8H,1-2H3;1-2H3.